The molecule has 0 aliphatic rings. The number of anilines is 1. The van der Waals surface area contributed by atoms with Gasteiger partial charge in [-0.3, -0.25) is 0 Å². The monoisotopic (exact) mass is 287 g/mol. The van der Waals surface area contributed by atoms with Gasteiger partial charge in [-0.05, 0) is 37.1 Å². The summed E-state index contributed by atoms with van der Waals surface area (Å²) in [7, 11) is 1.84. The molecule has 1 aromatic carbocycles. The number of nitrogens with zero attached hydrogens (tertiary/aromatic N) is 2. The van der Waals surface area contributed by atoms with Gasteiger partial charge in [0.1, 0.15) is 23.6 Å². The summed E-state index contributed by atoms with van der Waals surface area (Å²) < 4.78 is 11.3. The summed E-state index contributed by atoms with van der Waals surface area (Å²) in [5, 5.41) is 3.08. The maximum absolute atomic E-state index is 5.90. The molecule has 1 heterocycles. The van der Waals surface area contributed by atoms with Crippen LogP contribution >= 0.6 is 0 Å². The Morgan fingerprint density at radius 3 is 2.33 bits per heavy atom. The zero-order valence-corrected chi connectivity index (χ0v) is 12.9. The molecule has 0 bridgehead atoms. The van der Waals surface area contributed by atoms with Crippen LogP contribution in [0.5, 0.6) is 17.4 Å². The van der Waals surface area contributed by atoms with Crippen molar-refractivity contribution >= 4 is 5.82 Å². The molecule has 0 amide bonds. The first kappa shape index (κ1) is 15.1. The highest BCUT2D eigenvalue weighted by molar-refractivity contribution is 5.51. The third kappa shape index (κ3) is 3.62. The molecule has 5 nitrogen and oxygen atoms in total. The standard InChI is InChI=1S/C16H21N3O2/c1-5-20-12-6-8-13(9-7-12)21-16-14(11(2)3)15(17-4)18-10-19-16/h6-11H,5H2,1-4H3,(H,17,18,19). The number of aromatic nitrogens is 2. The molecule has 5 heteroatoms. The Labute approximate surface area is 125 Å². The Hall–Kier alpha value is -2.30. The van der Waals surface area contributed by atoms with E-state index in [-0.39, 0.29) is 5.92 Å². The molecule has 2 aromatic rings. The highest BCUT2D eigenvalue weighted by atomic mass is 16.5. The number of hydrogen-bond donors (Lipinski definition) is 1. The van der Waals surface area contributed by atoms with Crippen molar-refractivity contribution in [2.45, 2.75) is 26.7 Å². The number of hydrogen-bond acceptors (Lipinski definition) is 5. The second kappa shape index (κ2) is 6.92. The van der Waals surface area contributed by atoms with E-state index >= 15 is 0 Å². The average molecular weight is 287 g/mol. The minimum absolute atomic E-state index is 0.256. The zero-order chi connectivity index (χ0) is 15.2. The Morgan fingerprint density at radius 1 is 1.10 bits per heavy atom. The summed E-state index contributed by atoms with van der Waals surface area (Å²) in [6.07, 6.45) is 1.50. The molecule has 112 valence electrons. The number of rotatable bonds is 6. The van der Waals surface area contributed by atoms with E-state index in [1.165, 1.54) is 6.33 Å². The van der Waals surface area contributed by atoms with E-state index in [0.717, 1.165) is 22.9 Å². The first-order valence-electron chi connectivity index (χ1n) is 7.09. The van der Waals surface area contributed by atoms with Crippen molar-refractivity contribution in [3.05, 3.63) is 36.2 Å². The van der Waals surface area contributed by atoms with Crippen molar-refractivity contribution in [2.24, 2.45) is 0 Å². The van der Waals surface area contributed by atoms with Crippen LogP contribution in [-0.4, -0.2) is 23.6 Å². The van der Waals surface area contributed by atoms with E-state index in [2.05, 4.69) is 29.1 Å². The molecule has 0 unspecified atom stereocenters. The first-order valence-corrected chi connectivity index (χ1v) is 7.09. The molecule has 1 N–H and O–H groups in total. The zero-order valence-electron chi connectivity index (χ0n) is 12.9. The fraction of sp³-hybridized carbons (Fsp3) is 0.375. The van der Waals surface area contributed by atoms with Crippen molar-refractivity contribution in [3.8, 4) is 17.4 Å². The maximum Gasteiger partial charge on any atom is 0.227 e. The lowest BCUT2D eigenvalue weighted by atomic mass is 10.1. The number of nitrogens with one attached hydrogen (secondary N) is 1. The molecule has 0 saturated carbocycles. The fourth-order valence-electron chi connectivity index (χ4n) is 2.06. The molecule has 0 aliphatic heterocycles. The van der Waals surface area contributed by atoms with E-state index in [9.17, 15) is 0 Å². The van der Waals surface area contributed by atoms with Crippen LogP contribution in [0.1, 0.15) is 32.3 Å². The minimum atomic E-state index is 0.256. The third-order valence-corrected chi connectivity index (χ3v) is 3.01. The van der Waals surface area contributed by atoms with Crippen molar-refractivity contribution in [3.63, 3.8) is 0 Å². The lowest BCUT2D eigenvalue weighted by Gasteiger charge is -2.15. The van der Waals surface area contributed by atoms with Crippen LogP contribution in [0.25, 0.3) is 0 Å². The predicted molar refractivity (Wildman–Crippen MR) is 83.4 cm³/mol. The van der Waals surface area contributed by atoms with Crippen molar-refractivity contribution in [1.29, 1.82) is 0 Å². The van der Waals surface area contributed by atoms with Crippen molar-refractivity contribution in [1.82, 2.24) is 9.97 Å². The molecule has 0 atom stereocenters. The van der Waals surface area contributed by atoms with Gasteiger partial charge in [-0.15, -0.1) is 0 Å². The molecular weight excluding hydrogens is 266 g/mol. The molecule has 1 aromatic heterocycles. The van der Waals surface area contributed by atoms with Gasteiger partial charge in [-0.1, -0.05) is 13.8 Å². The lowest BCUT2D eigenvalue weighted by molar-refractivity contribution is 0.339. The number of ether oxygens (including phenoxy) is 2. The summed E-state index contributed by atoms with van der Waals surface area (Å²) in [4.78, 5) is 8.49. The number of benzene rings is 1. The topological polar surface area (TPSA) is 56.3 Å². The lowest BCUT2D eigenvalue weighted by Crippen LogP contribution is -2.04. The minimum Gasteiger partial charge on any atom is -0.494 e. The molecule has 0 saturated heterocycles. The van der Waals surface area contributed by atoms with E-state index in [4.69, 9.17) is 9.47 Å². The van der Waals surface area contributed by atoms with Crippen LogP contribution in [0.2, 0.25) is 0 Å². The normalized spacial score (nSPS) is 10.5. The van der Waals surface area contributed by atoms with E-state index in [0.29, 0.717) is 12.5 Å². The summed E-state index contributed by atoms with van der Waals surface area (Å²) in [6.45, 7) is 6.78. The van der Waals surface area contributed by atoms with Gasteiger partial charge in [-0.2, -0.15) is 0 Å². The first-order chi connectivity index (χ1) is 10.2. The Balaban J connectivity index is 2.26. The van der Waals surface area contributed by atoms with Gasteiger partial charge in [0, 0.05) is 7.05 Å². The summed E-state index contributed by atoms with van der Waals surface area (Å²) in [6, 6.07) is 7.51. The van der Waals surface area contributed by atoms with E-state index < -0.39 is 0 Å². The predicted octanol–water partition coefficient (Wildman–Crippen LogP) is 3.83. The van der Waals surface area contributed by atoms with E-state index in [1.54, 1.807) is 0 Å². The van der Waals surface area contributed by atoms with Gasteiger partial charge in [0.15, 0.2) is 0 Å². The molecule has 2 rings (SSSR count). The van der Waals surface area contributed by atoms with Gasteiger partial charge in [0.25, 0.3) is 0 Å². The quantitative estimate of drug-likeness (QED) is 0.875. The molecule has 0 fully saturated rings. The average Bonchev–Trinajstić information content (AvgIpc) is 2.49. The highest BCUT2D eigenvalue weighted by Gasteiger charge is 2.16. The van der Waals surface area contributed by atoms with Crippen LogP contribution in [0.15, 0.2) is 30.6 Å². The van der Waals surface area contributed by atoms with E-state index in [1.807, 2.05) is 38.2 Å². The van der Waals surface area contributed by atoms with Crippen LogP contribution in [0.4, 0.5) is 5.82 Å². The van der Waals surface area contributed by atoms with Gasteiger partial charge in [-0.25, -0.2) is 9.97 Å². The van der Waals surface area contributed by atoms with Gasteiger partial charge in [0.2, 0.25) is 5.88 Å². The van der Waals surface area contributed by atoms with Crippen molar-refractivity contribution < 1.29 is 9.47 Å². The summed E-state index contributed by atoms with van der Waals surface area (Å²) in [5.74, 6) is 3.18. The summed E-state index contributed by atoms with van der Waals surface area (Å²) in [5.41, 5.74) is 0.967. The van der Waals surface area contributed by atoms with Crippen LogP contribution in [0, 0.1) is 0 Å². The second-order valence-electron chi connectivity index (χ2n) is 4.85. The molecule has 21 heavy (non-hydrogen) atoms. The van der Waals surface area contributed by atoms with Gasteiger partial charge >= 0.3 is 0 Å². The van der Waals surface area contributed by atoms with Crippen LogP contribution in [-0.2, 0) is 0 Å². The molecule has 0 spiro atoms. The van der Waals surface area contributed by atoms with Crippen molar-refractivity contribution in [2.75, 3.05) is 19.0 Å². The smallest absolute Gasteiger partial charge is 0.227 e. The molecule has 0 radical (unpaired) electrons. The van der Waals surface area contributed by atoms with Gasteiger partial charge in [0.05, 0.1) is 12.2 Å². The fourth-order valence-corrected chi connectivity index (χ4v) is 2.06. The Bertz CT molecular complexity index is 583. The largest absolute Gasteiger partial charge is 0.494 e. The van der Waals surface area contributed by atoms with Gasteiger partial charge < -0.3 is 14.8 Å². The highest BCUT2D eigenvalue weighted by Crippen LogP contribution is 2.33. The molecule has 0 aliphatic carbocycles. The molecular formula is C16H21N3O2. The maximum atomic E-state index is 5.90. The van der Waals surface area contributed by atoms with Crippen LogP contribution in [0.3, 0.4) is 0 Å². The SMILES string of the molecule is CCOc1ccc(Oc2ncnc(NC)c2C(C)C)cc1. The Kier molecular flexibility index (Phi) is 4.98. The second-order valence-corrected chi connectivity index (χ2v) is 4.85. The van der Waals surface area contributed by atoms with Crippen LogP contribution < -0.4 is 14.8 Å². The summed E-state index contributed by atoms with van der Waals surface area (Å²) >= 11 is 0. The Morgan fingerprint density at radius 2 is 1.76 bits per heavy atom. The third-order valence-electron chi connectivity index (χ3n) is 3.01.